The molecule has 1 N–H and O–H groups in total. The van der Waals surface area contributed by atoms with E-state index in [1.807, 2.05) is 6.92 Å². The highest BCUT2D eigenvalue weighted by molar-refractivity contribution is 5.78. The van der Waals surface area contributed by atoms with Gasteiger partial charge in [-0.15, -0.1) is 0 Å². The van der Waals surface area contributed by atoms with Crippen molar-refractivity contribution in [3.8, 4) is 0 Å². The van der Waals surface area contributed by atoms with Crippen LogP contribution in [0.25, 0.3) is 0 Å². The summed E-state index contributed by atoms with van der Waals surface area (Å²) in [4.78, 5) is 13.7. The number of aliphatic carboxylic acids is 1. The monoisotopic (exact) mass is 261 g/mol. The SMILES string of the molecule is Cc1cc(C)cc(CN2CCCCC2(C)C(=O)O)c1. The number of hydrogen-bond acceptors (Lipinski definition) is 2. The van der Waals surface area contributed by atoms with E-state index < -0.39 is 11.5 Å². The minimum Gasteiger partial charge on any atom is -0.480 e. The molecule has 0 aliphatic carbocycles. The lowest BCUT2D eigenvalue weighted by Gasteiger charge is -2.41. The molecule has 19 heavy (non-hydrogen) atoms. The molecular weight excluding hydrogens is 238 g/mol. The average Bonchev–Trinajstić information content (AvgIpc) is 2.30. The van der Waals surface area contributed by atoms with Gasteiger partial charge in [-0.1, -0.05) is 29.3 Å². The molecule has 3 heteroatoms. The number of likely N-dealkylation sites (tertiary alicyclic amines) is 1. The molecule has 1 atom stereocenters. The summed E-state index contributed by atoms with van der Waals surface area (Å²) in [6, 6.07) is 6.46. The molecule has 0 amide bonds. The lowest BCUT2D eigenvalue weighted by atomic mass is 9.88. The van der Waals surface area contributed by atoms with Crippen LogP contribution < -0.4 is 0 Å². The fourth-order valence-corrected chi connectivity index (χ4v) is 3.05. The van der Waals surface area contributed by atoms with Crippen molar-refractivity contribution in [2.75, 3.05) is 6.54 Å². The maximum atomic E-state index is 11.6. The van der Waals surface area contributed by atoms with Crippen LogP contribution in [-0.2, 0) is 11.3 Å². The Morgan fingerprint density at radius 3 is 2.47 bits per heavy atom. The molecule has 1 aromatic rings. The highest BCUT2D eigenvalue weighted by atomic mass is 16.4. The van der Waals surface area contributed by atoms with Gasteiger partial charge in [-0.25, -0.2) is 0 Å². The van der Waals surface area contributed by atoms with Gasteiger partial charge in [0, 0.05) is 6.54 Å². The molecule has 0 radical (unpaired) electrons. The van der Waals surface area contributed by atoms with E-state index in [1.165, 1.54) is 16.7 Å². The van der Waals surface area contributed by atoms with Gasteiger partial charge in [0.25, 0.3) is 0 Å². The lowest BCUT2D eigenvalue weighted by Crippen LogP contribution is -2.54. The third kappa shape index (κ3) is 2.98. The minimum absolute atomic E-state index is 0.698. The summed E-state index contributed by atoms with van der Waals surface area (Å²) in [5.74, 6) is -0.698. The standard InChI is InChI=1S/C16H23NO2/c1-12-8-13(2)10-14(9-12)11-17-7-5-4-6-16(17,3)15(18)19/h8-10H,4-7,11H2,1-3H3,(H,18,19). The van der Waals surface area contributed by atoms with Crippen molar-refractivity contribution in [1.82, 2.24) is 4.90 Å². The van der Waals surface area contributed by atoms with Gasteiger partial charge in [0.15, 0.2) is 0 Å². The zero-order valence-corrected chi connectivity index (χ0v) is 12.1. The fraction of sp³-hybridized carbons (Fsp3) is 0.562. The van der Waals surface area contributed by atoms with Crippen molar-refractivity contribution in [3.63, 3.8) is 0 Å². The zero-order chi connectivity index (χ0) is 14.0. The summed E-state index contributed by atoms with van der Waals surface area (Å²) in [6.45, 7) is 7.63. The topological polar surface area (TPSA) is 40.5 Å². The first kappa shape index (κ1) is 14.1. The van der Waals surface area contributed by atoms with Crippen LogP contribution >= 0.6 is 0 Å². The quantitative estimate of drug-likeness (QED) is 0.908. The molecule has 1 heterocycles. The van der Waals surface area contributed by atoms with Crippen molar-refractivity contribution >= 4 is 5.97 Å². The summed E-state index contributed by atoms with van der Waals surface area (Å²) in [5.41, 5.74) is 2.98. The Bertz CT molecular complexity index is 463. The molecule has 1 aromatic carbocycles. The van der Waals surface area contributed by atoms with E-state index in [-0.39, 0.29) is 0 Å². The van der Waals surface area contributed by atoms with Gasteiger partial charge in [-0.05, 0) is 52.1 Å². The highest BCUT2D eigenvalue weighted by Gasteiger charge is 2.41. The number of benzene rings is 1. The molecule has 2 rings (SSSR count). The van der Waals surface area contributed by atoms with E-state index in [1.54, 1.807) is 0 Å². The number of carboxylic acids is 1. The van der Waals surface area contributed by atoms with Gasteiger partial charge in [0.05, 0.1) is 0 Å². The van der Waals surface area contributed by atoms with Crippen LogP contribution in [0.1, 0.15) is 42.9 Å². The Hall–Kier alpha value is -1.35. The van der Waals surface area contributed by atoms with Gasteiger partial charge in [0.2, 0.25) is 0 Å². The number of aryl methyl sites for hydroxylation is 2. The maximum absolute atomic E-state index is 11.6. The highest BCUT2D eigenvalue weighted by Crippen LogP contribution is 2.30. The first-order chi connectivity index (χ1) is 8.91. The van der Waals surface area contributed by atoms with Gasteiger partial charge < -0.3 is 5.11 Å². The lowest BCUT2D eigenvalue weighted by molar-refractivity contribution is -0.153. The van der Waals surface area contributed by atoms with E-state index in [0.717, 1.165) is 32.4 Å². The molecule has 1 aliphatic heterocycles. The van der Waals surface area contributed by atoms with Crippen LogP contribution in [0, 0.1) is 13.8 Å². The number of carboxylic acid groups (broad SMARTS) is 1. The Kier molecular flexibility index (Phi) is 3.95. The van der Waals surface area contributed by atoms with Crippen molar-refractivity contribution in [3.05, 3.63) is 34.9 Å². The Morgan fingerprint density at radius 1 is 1.26 bits per heavy atom. The third-order valence-corrected chi connectivity index (χ3v) is 4.16. The maximum Gasteiger partial charge on any atom is 0.323 e. The van der Waals surface area contributed by atoms with Crippen molar-refractivity contribution in [2.24, 2.45) is 0 Å². The van der Waals surface area contributed by atoms with E-state index in [9.17, 15) is 9.90 Å². The number of piperidine rings is 1. The molecule has 1 unspecified atom stereocenters. The van der Waals surface area contributed by atoms with Crippen LogP contribution in [0.4, 0.5) is 0 Å². The molecule has 3 nitrogen and oxygen atoms in total. The largest absolute Gasteiger partial charge is 0.480 e. The van der Waals surface area contributed by atoms with Crippen LogP contribution in [0.2, 0.25) is 0 Å². The number of carbonyl (C=O) groups is 1. The zero-order valence-electron chi connectivity index (χ0n) is 12.1. The summed E-state index contributed by atoms with van der Waals surface area (Å²) in [7, 11) is 0. The molecule has 0 saturated carbocycles. The minimum atomic E-state index is -0.712. The molecular formula is C16H23NO2. The van der Waals surface area contributed by atoms with Crippen LogP contribution in [-0.4, -0.2) is 28.1 Å². The third-order valence-electron chi connectivity index (χ3n) is 4.16. The summed E-state index contributed by atoms with van der Waals surface area (Å²) >= 11 is 0. The molecule has 1 saturated heterocycles. The van der Waals surface area contributed by atoms with E-state index in [2.05, 4.69) is 36.9 Å². The van der Waals surface area contributed by atoms with Crippen molar-refractivity contribution in [1.29, 1.82) is 0 Å². The Morgan fingerprint density at radius 2 is 1.89 bits per heavy atom. The predicted octanol–water partition coefficient (Wildman–Crippen LogP) is 3.13. The summed E-state index contributed by atoms with van der Waals surface area (Å²) < 4.78 is 0. The molecule has 0 bridgehead atoms. The van der Waals surface area contributed by atoms with Crippen molar-refractivity contribution < 1.29 is 9.90 Å². The second kappa shape index (κ2) is 5.33. The average molecular weight is 261 g/mol. The summed E-state index contributed by atoms with van der Waals surface area (Å²) in [5, 5.41) is 9.51. The number of hydrogen-bond donors (Lipinski definition) is 1. The van der Waals surface area contributed by atoms with Gasteiger partial charge >= 0.3 is 5.97 Å². The predicted molar refractivity (Wildman–Crippen MR) is 76.2 cm³/mol. The smallest absolute Gasteiger partial charge is 0.323 e. The first-order valence-corrected chi connectivity index (χ1v) is 6.97. The van der Waals surface area contributed by atoms with Crippen LogP contribution in [0.15, 0.2) is 18.2 Å². The van der Waals surface area contributed by atoms with Gasteiger partial charge in [0.1, 0.15) is 5.54 Å². The Labute approximate surface area is 115 Å². The van der Waals surface area contributed by atoms with E-state index in [4.69, 9.17) is 0 Å². The fourth-order valence-electron chi connectivity index (χ4n) is 3.05. The molecule has 1 aliphatic rings. The number of nitrogens with zero attached hydrogens (tertiary/aromatic N) is 1. The van der Waals surface area contributed by atoms with E-state index in [0.29, 0.717) is 0 Å². The first-order valence-electron chi connectivity index (χ1n) is 6.97. The van der Waals surface area contributed by atoms with Crippen LogP contribution in [0.5, 0.6) is 0 Å². The molecule has 104 valence electrons. The second-order valence-electron chi connectivity index (χ2n) is 5.95. The van der Waals surface area contributed by atoms with Gasteiger partial charge in [-0.2, -0.15) is 0 Å². The van der Waals surface area contributed by atoms with Gasteiger partial charge in [-0.3, -0.25) is 9.69 Å². The number of rotatable bonds is 3. The molecule has 1 fully saturated rings. The van der Waals surface area contributed by atoms with E-state index >= 15 is 0 Å². The van der Waals surface area contributed by atoms with Crippen LogP contribution in [0.3, 0.4) is 0 Å². The van der Waals surface area contributed by atoms with Crippen molar-refractivity contribution in [2.45, 2.75) is 52.1 Å². The Balaban J connectivity index is 2.22. The molecule has 0 aromatic heterocycles. The second-order valence-corrected chi connectivity index (χ2v) is 5.95. The summed E-state index contributed by atoms with van der Waals surface area (Å²) in [6.07, 6.45) is 2.84. The normalized spacial score (nSPS) is 24.4. The molecule has 0 spiro atoms.